The molecule has 0 heterocycles. The second-order valence-electron chi connectivity index (χ2n) is 10.4. The molecule has 2 nitrogen and oxygen atoms in total. The maximum absolute atomic E-state index is 10.9. The van der Waals surface area contributed by atoms with Gasteiger partial charge in [0.05, 0.1) is 12.2 Å². The van der Waals surface area contributed by atoms with Gasteiger partial charge >= 0.3 is 0 Å². The minimum Gasteiger partial charge on any atom is -0.393 e. The van der Waals surface area contributed by atoms with E-state index in [1.54, 1.807) is 0 Å². The Kier molecular flexibility index (Phi) is 5.77. The molecule has 0 aromatic rings. The fourth-order valence-corrected chi connectivity index (χ4v) is 7.30. The number of hydrogen-bond donors (Lipinski definition) is 2. The largest absolute Gasteiger partial charge is 0.393 e. The van der Waals surface area contributed by atoms with E-state index in [1.807, 2.05) is 0 Å². The number of aliphatic hydroxyl groups excluding tert-OH is 2. The van der Waals surface area contributed by atoms with E-state index in [1.165, 1.54) is 51.4 Å². The Morgan fingerprint density at radius 2 is 1.04 bits per heavy atom. The summed E-state index contributed by atoms with van der Waals surface area (Å²) < 4.78 is 0. The first kappa shape index (κ1) is 18.3. The summed E-state index contributed by atoms with van der Waals surface area (Å²) in [6, 6.07) is 0. The summed E-state index contributed by atoms with van der Waals surface area (Å²) in [6.45, 7) is 2.45. The highest BCUT2D eigenvalue weighted by molar-refractivity contribution is 4.92. The highest BCUT2D eigenvalue weighted by atomic mass is 16.3. The first-order valence-electron chi connectivity index (χ1n) is 11.5. The topological polar surface area (TPSA) is 40.5 Å². The van der Waals surface area contributed by atoms with Gasteiger partial charge in [-0.15, -0.1) is 0 Å². The number of aliphatic hydroxyl groups is 2. The minimum absolute atomic E-state index is 0.0666. The summed E-state index contributed by atoms with van der Waals surface area (Å²) in [6.07, 6.45) is 16.5. The van der Waals surface area contributed by atoms with Crippen molar-refractivity contribution in [1.82, 2.24) is 0 Å². The van der Waals surface area contributed by atoms with E-state index in [9.17, 15) is 10.2 Å². The molecule has 25 heavy (non-hydrogen) atoms. The van der Waals surface area contributed by atoms with E-state index < -0.39 is 0 Å². The molecule has 0 aromatic carbocycles. The van der Waals surface area contributed by atoms with E-state index in [-0.39, 0.29) is 12.2 Å². The molecular formula is C23H40O2. The summed E-state index contributed by atoms with van der Waals surface area (Å²) in [5.74, 6) is 5.88. The van der Waals surface area contributed by atoms with E-state index >= 15 is 0 Å². The van der Waals surface area contributed by atoms with Crippen LogP contribution < -0.4 is 0 Å². The van der Waals surface area contributed by atoms with E-state index in [2.05, 4.69) is 6.92 Å². The monoisotopic (exact) mass is 348 g/mol. The van der Waals surface area contributed by atoms with Crippen LogP contribution in [0.5, 0.6) is 0 Å². The van der Waals surface area contributed by atoms with Crippen LogP contribution in [0.15, 0.2) is 0 Å². The SMILES string of the molecule is CC1CCC2CC(C3CCC(C4CCC(O)CC4)C(O)C3)CCC2C1. The van der Waals surface area contributed by atoms with Crippen molar-refractivity contribution in [3.8, 4) is 0 Å². The van der Waals surface area contributed by atoms with Crippen molar-refractivity contribution < 1.29 is 10.2 Å². The van der Waals surface area contributed by atoms with Crippen LogP contribution in [0.4, 0.5) is 0 Å². The maximum Gasteiger partial charge on any atom is 0.0573 e. The van der Waals surface area contributed by atoms with E-state index in [4.69, 9.17) is 0 Å². The lowest BCUT2D eigenvalue weighted by atomic mass is 9.60. The molecule has 4 saturated carbocycles. The first-order valence-corrected chi connectivity index (χ1v) is 11.5. The highest BCUT2D eigenvalue weighted by Crippen LogP contribution is 2.50. The minimum atomic E-state index is -0.0712. The molecule has 0 radical (unpaired) electrons. The van der Waals surface area contributed by atoms with Gasteiger partial charge in [0.15, 0.2) is 0 Å². The van der Waals surface area contributed by atoms with Crippen molar-refractivity contribution >= 4 is 0 Å². The van der Waals surface area contributed by atoms with Crippen LogP contribution in [0.2, 0.25) is 0 Å². The van der Waals surface area contributed by atoms with Gasteiger partial charge in [-0.1, -0.05) is 13.3 Å². The zero-order chi connectivity index (χ0) is 17.4. The molecule has 0 amide bonds. The molecule has 0 aliphatic heterocycles. The molecule has 0 aromatic heterocycles. The number of fused-ring (bicyclic) bond motifs is 1. The summed E-state index contributed by atoms with van der Waals surface area (Å²) in [5.41, 5.74) is 0. The Hall–Kier alpha value is -0.0800. The fourth-order valence-electron chi connectivity index (χ4n) is 7.30. The summed E-state index contributed by atoms with van der Waals surface area (Å²) in [7, 11) is 0. The predicted molar refractivity (Wildman–Crippen MR) is 102 cm³/mol. The summed E-state index contributed by atoms with van der Waals surface area (Å²) in [5, 5.41) is 20.6. The van der Waals surface area contributed by atoms with Gasteiger partial charge in [-0.05, 0) is 118 Å². The molecule has 7 unspecified atom stereocenters. The van der Waals surface area contributed by atoms with Crippen LogP contribution in [-0.4, -0.2) is 22.4 Å². The standard InChI is InChI=1S/C23H40O2/c1-15-2-3-18-13-19(5-4-17(18)12-15)20-8-11-22(23(25)14-20)16-6-9-21(24)10-7-16/h15-25H,2-14H2,1H3. The zero-order valence-electron chi connectivity index (χ0n) is 16.3. The van der Waals surface area contributed by atoms with Crippen LogP contribution in [-0.2, 0) is 0 Å². The molecule has 0 saturated heterocycles. The highest BCUT2D eigenvalue weighted by Gasteiger charge is 2.41. The molecule has 0 spiro atoms. The van der Waals surface area contributed by atoms with Gasteiger partial charge in [0, 0.05) is 0 Å². The molecular weight excluding hydrogens is 308 g/mol. The summed E-state index contributed by atoms with van der Waals surface area (Å²) >= 11 is 0. The normalized spacial score (nSPS) is 51.7. The van der Waals surface area contributed by atoms with E-state index in [0.29, 0.717) is 11.8 Å². The Morgan fingerprint density at radius 1 is 0.520 bits per heavy atom. The van der Waals surface area contributed by atoms with Crippen LogP contribution in [0.25, 0.3) is 0 Å². The molecule has 4 rings (SSSR count). The second-order valence-corrected chi connectivity index (χ2v) is 10.4. The Morgan fingerprint density at radius 3 is 1.72 bits per heavy atom. The zero-order valence-corrected chi connectivity index (χ0v) is 16.3. The van der Waals surface area contributed by atoms with Crippen molar-refractivity contribution in [3.63, 3.8) is 0 Å². The average molecular weight is 349 g/mol. The van der Waals surface area contributed by atoms with Crippen LogP contribution >= 0.6 is 0 Å². The van der Waals surface area contributed by atoms with Crippen LogP contribution in [0.1, 0.15) is 90.4 Å². The maximum atomic E-state index is 10.9. The third-order valence-corrected chi connectivity index (χ3v) is 8.84. The molecule has 144 valence electrons. The lowest BCUT2D eigenvalue weighted by molar-refractivity contribution is -0.0290. The van der Waals surface area contributed by atoms with Crippen molar-refractivity contribution in [2.75, 3.05) is 0 Å². The van der Waals surface area contributed by atoms with E-state index in [0.717, 1.165) is 61.7 Å². The van der Waals surface area contributed by atoms with Gasteiger partial charge < -0.3 is 10.2 Å². The molecule has 4 aliphatic carbocycles. The Labute approximate surface area is 154 Å². The van der Waals surface area contributed by atoms with Gasteiger partial charge in [-0.2, -0.15) is 0 Å². The van der Waals surface area contributed by atoms with Gasteiger partial charge in [-0.25, -0.2) is 0 Å². The average Bonchev–Trinajstić information content (AvgIpc) is 2.62. The third-order valence-electron chi connectivity index (χ3n) is 8.84. The van der Waals surface area contributed by atoms with Gasteiger partial charge in [-0.3, -0.25) is 0 Å². The molecule has 2 N–H and O–H groups in total. The third kappa shape index (κ3) is 4.10. The number of hydrogen-bond acceptors (Lipinski definition) is 2. The molecule has 4 fully saturated rings. The van der Waals surface area contributed by atoms with Crippen molar-refractivity contribution in [2.45, 2.75) is 103 Å². The Balaban J connectivity index is 1.29. The van der Waals surface area contributed by atoms with Gasteiger partial charge in [0.25, 0.3) is 0 Å². The fraction of sp³-hybridized carbons (Fsp3) is 1.00. The summed E-state index contributed by atoms with van der Waals surface area (Å²) in [4.78, 5) is 0. The molecule has 7 atom stereocenters. The first-order chi connectivity index (χ1) is 12.1. The molecule has 4 aliphatic rings. The predicted octanol–water partition coefficient (Wildman–Crippen LogP) is 5.17. The van der Waals surface area contributed by atoms with Crippen molar-refractivity contribution in [1.29, 1.82) is 0 Å². The van der Waals surface area contributed by atoms with Crippen LogP contribution in [0.3, 0.4) is 0 Å². The van der Waals surface area contributed by atoms with Crippen LogP contribution in [0, 0.1) is 41.4 Å². The van der Waals surface area contributed by atoms with Gasteiger partial charge in [0.2, 0.25) is 0 Å². The lowest BCUT2D eigenvalue weighted by Crippen LogP contribution is -2.40. The van der Waals surface area contributed by atoms with Crippen molar-refractivity contribution in [2.24, 2.45) is 41.4 Å². The molecule has 2 heteroatoms. The quantitative estimate of drug-likeness (QED) is 0.723. The van der Waals surface area contributed by atoms with Crippen molar-refractivity contribution in [3.05, 3.63) is 0 Å². The second kappa shape index (κ2) is 7.89. The molecule has 0 bridgehead atoms. The van der Waals surface area contributed by atoms with Gasteiger partial charge in [0.1, 0.15) is 0 Å². The number of rotatable bonds is 2. The lowest BCUT2D eigenvalue weighted by Gasteiger charge is -2.47. The Bertz CT molecular complexity index is 428. The smallest absolute Gasteiger partial charge is 0.0573 e.